The average Bonchev–Trinajstić information content (AvgIpc) is 2.27. The Hall–Kier alpha value is -1.73. The minimum atomic E-state index is -0.258. The second-order valence-electron chi connectivity index (χ2n) is 3.59. The number of anilines is 1. The number of aliphatic hydroxyl groups excluding tert-OH is 1. The van der Waals surface area contributed by atoms with Crippen LogP contribution in [0.2, 0.25) is 0 Å². The minimum absolute atomic E-state index is 0.0373. The van der Waals surface area contributed by atoms with Gasteiger partial charge in [-0.25, -0.2) is 0 Å². The molecule has 1 aromatic carbocycles. The zero-order valence-electron chi connectivity index (χ0n) is 8.40. The van der Waals surface area contributed by atoms with E-state index in [9.17, 15) is 0 Å². The Kier molecular flexibility index (Phi) is 2.48. The van der Waals surface area contributed by atoms with E-state index in [0.717, 1.165) is 5.69 Å². The fourth-order valence-electron chi connectivity index (χ4n) is 1.61. The van der Waals surface area contributed by atoms with Gasteiger partial charge < -0.3 is 15.2 Å². The predicted molar refractivity (Wildman–Crippen MR) is 55.7 cm³/mol. The summed E-state index contributed by atoms with van der Waals surface area (Å²) in [6.07, 6.45) is -0.258. The van der Waals surface area contributed by atoms with Gasteiger partial charge in [0.05, 0.1) is 30.0 Å². The first kappa shape index (κ1) is 9.81. The van der Waals surface area contributed by atoms with Gasteiger partial charge in [-0.05, 0) is 19.1 Å². The van der Waals surface area contributed by atoms with Crippen molar-refractivity contribution in [2.75, 3.05) is 11.9 Å². The SMILES string of the molecule is CC1Nc2ccc(C#N)cc2OC1CO. The van der Waals surface area contributed by atoms with Crippen molar-refractivity contribution in [1.29, 1.82) is 5.26 Å². The summed E-state index contributed by atoms with van der Waals surface area (Å²) in [7, 11) is 0. The Morgan fingerprint density at radius 3 is 3.07 bits per heavy atom. The molecule has 0 radical (unpaired) electrons. The highest BCUT2D eigenvalue weighted by molar-refractivity contribution is 5.61. The molecule has 1 aromatic rings. The molecule has 0 aliphatic carbocycles. The minimum Gasteiger partial charge on any atom is -0.484 e. The lowest BCUT2D eigenvalue weighted by Crippen LogP contribution is -2.41. The van der Waals surface area contributed by atoms with Crippen LogP contribution in [0.3, 0.4) is 0 Å². The number of aliphatic hydroxyl groups is 1. The zero-order valence-corrected chi connectivity index (χ0v) is 8.40. The van der Waals surface area contributed by atoms with Crippen LogP contribution in [-0.2, 0) is 0 Å². The molecule has 1 heterocycles. The van der Waals surface area contributed by atoms with E-state index in [-0.39, 0.29) is 18.8 Å². The molecule has 15 heavy (non-hydrogen) atoms. The lowest BCUT2D eigenvalue weighted by Gasteiger charge is -2.31. The van der Waals surface area contributed by atoms with Crippen LogP contribution in [0.15, 0.2) is 18.2 Å². The molecule has 0 saturated carbocycles. The maximum Gasteiger partial charge on any atom is 0.144 e. The molecule has 4 nitrogen and oxygen atoms in total. The Bertz CT molecular complexity index is 412. The van der Waals surface area contributed by atoms with Gasteiger partial charge in [-0.2, -0.15) is 5.26 Å². The van der Waals surface area contributed by atoms with E-state index >= 15 is 0 Å². The summed E-state index contributed by atoms with van der Waals surface area (Å²) in [5.74, 6) is 0.631. The topological polar surface area (TPSA) is 65.3 Å². The van der Waals surface area contributed by atoms with Gasteiger partial charge >= 0.3 is 0 Å². The molecule has 0 spiro atoms. The van der Waals surface area contributed by atoms with E-state index in [1.165, 1.54) is 0 Å². The second kappa shape index (κ2) is 3.79. The third-order valence-corrected chi connectivity index (χ3v) is 2.51. The predicted octanol–water partition coefficient (Wildman–Crippen LogP) is 1.11. The van der Waals surface area contributed by atoms with E-state index in [2.05, 4.69) is 11.4 Å². The third-order valence-electron chi connectivity index (χ3n) is 2.51. The van der Waals surface area contributed by atoms with Crippen LogP contribution in [-0.4, -0.2) is 23.9 Å². The largest absolute Gasteiger partial charge is 0.484 e. The number of nitrogens with one attached hydrogen (secondary N) is 1. The van der Waals surface area contributed by atoms with Crippen LogP contribution < -0.4 is 10.1 Å². The highest BCUT2D eigenvalue weighted by Crippen LogP contribution is 2.31. The fourth-order valence-corrected chi connectivity index (χ4v) is 1.61. The molecule has 1 aliphatic heterocycles. The lowest BCUT2D eigenvalue weighted by molar-refractivity contribution is 0.0977. The number of nitriles is 1. The number of benzene rings is 1. The van der Waals surface area contributed by atoms with Crippen LogP contribution in [0.25, 0.3) is 0 Å². The van der Waals surface area contributed by atoms with Crippen LogP contribution in [0.1, 0.15) is 12.5 Å². The molecular weight excluding hydrogens is 192 g/mol. The zero-order chi connectivity index (χ0) is 10.8. The van der Waals surface area contributed by atoms with E-state index < -0.39 is 0 Å². The molecular formula is C11H12N2O2. The van der Waals surface area contributed by atoms with Gasteiger partial charge in [0, 0.05) is 6.07 Å². The standard InChI is InChI=1S/C11H12N2O2/c1-7-11(6-14)15-10-4-8(5-12)2-3-9(10)13-7/h2-4,7,11,13-14H,6H2,1H3. The van der Waals surface area contributed by atoms with Crippen LogP contribution in [0, 0.1) is 11.3 Å². The number of hydrogen-bond donors (Lipinski definition) is 2. The van der Waals surface area contributed by atoms with Crippen molar-refractivity contribution >= 4 is 5.69 Å². The Labute approximate surface area is 88.1 Å². The van der Waals surface area contributed by atoms with Crippen molar-refractivity contribution in [3.63, 3.8) is 0 Å². The van der Waals surface area contributed by atoms with Gasteiger partial charge in [-0.1, -0.05) is 0 Å². The Morgan fingerprint density at radius 1 is 1.60 bits per heavy atom. The average molecular weight is 204 g/mol. The molecule has 2 atom stereocenters. The molecule has 0 bridgehead atoms. The Morgan fingerprint density at radius 2 is 2.40 bits per heavy atom. The number of fused-ring (bicyclic) bond motifs is 1. The summed E-state index contributed by atoms with van der Waals surface area (Å²) in [5.41, 5.74) is 1.42. The monoisotopic (exact) mass is 204 g/mol. The highest BCUT2D eigenvalue weighted by atomic mass is 16.5. The molecule has 1 aliphatic rings. The van der Waals surface area contributed by atoms with Crippen LogP contribution in [0.5, 0.6) is 5.75 Å². The third kappa shape index (κ3) is 1.74. The summed E-state index contributed by atoms with van der Waals surface area (Å²) >= 11 is 0. The first-order valence-corrected chi connectivity index (χ1v) is 4.83. The van der Waals surface area contributed by atoms with E-state index in [1.807, 2.05) is 13.0 Å². The summed E-state index contributed by atoms with van der Waals surface area (Å²) in [5, 5.41) is 21.0. The molecule has 0 saturated heterocycles. The van der Waals surface area contributed by atoms with Gasteiger partial charge in [0.2, 0.25) is 0 Å². The van der Waals surface area contributed by atoms with Crippen LogP contribution >= 0.6 is 0 Å². The molecule has 78 valence electrons. The molecule has 4 heteroatoms. The van der Waals surface area contributed by atoms with Crippen molar-refractivity contribution in [1.82, 2.24) is 0 Å². The number of hydrogen-bond acceptors (Lipinski definition) is 4. The highest BCUT2D eigenvalue weighted by Gasteiger charge is 2.25. The quantitative estimate of drug-likeness (QED) is 0.719. The molecule has 2 N–H and O–H groups in total. The van der Waals surface area contributed by atoms with E-state index in [4.69, 9.17) is 15.1 Å². The van der Waals surface area contributed by atoms with Crippen molar-refractivity contribution in [2.45, 2.75) is 19.1 Å². The van der Waals surface area contributed by atoms with Crippen molar-refractivity contribution in [3.8, 4) is 11.8 Å². The molecule has 0 amide bonds. The van der Waals surface area contributed by atoms with E-state index in [1.54, 1.807) is 12.1 Å². The number of rotatable bonds is 1. The lowest BCUT2D eigenvalue weighted by atomic mass is 10.1. The van der Waals surface area contributed by atoms with E-state index in [0.29, 0.717) is 11.3 Å². The summed E-state index contributed by atoms with van der Waals surface area (Å²) in [4.78, 5) is 0. The van der Waals surface area contributed by atoms with Gasteiger partial charge in [0.25, 0.3) is 0 Å². The number of nitrogens with zero attached hydrogens (tertiary/aromatic N) is 1. The molecule has 2 rings (SSSR count). The fraction of sp³-hybridized carbons (Fsp3) is 0.364. The van der Waals surface area contributed by atoms with Gasteiger partial charge in [0.1, 0.15) is 11.9 Å². The normalized spacial score (nSPS) is 23.3. The summed E-state index contributed by atoms with van der Waals surface area (Å²) < 4.78 is 5.57. The van der Waals surface area contributed by atoms with Crippen molar-refractivity contribution in [3.05, 3.63) is 23.8 Å². The van der Waals surface area contributed by atoms with Crippen molar-refractivity contribution in [2.24, 2.45) is 0 Å². The van der Waals surface area contributed by atoms with Gasteiger partial charge in [0.15, 0.2) is 0 Å². The number of ether oxygens (including phenoxy) is 1. The molecule has 2 unspecified atom stereocenters. The maximum absolute atomic E-state index is 9.08. The summed E-state index contributed by atoms with van der Waals surface area (Å²) in [6, 6.07) is 7.35. The van der Waals surface area contributed by atoms with Gasteiger partial charge in [-0.3, -0.25) is 0 Å². The second-order valence-corrected chi connectivity index (χ2v) is 3.59. The molecule has 0 aromatic heterocycles. The smallest absolute Gasteiger partial charge is 0.144 e. The van der Waals surface area contributed by atoms with Crippen molar-refractivity contribution < 1.29 is 9.84 Å². The Balaban J connectivity index is 2.34. The molecule has 0 fully saturated rings. The van der Waals surface area contributed by atoms with Gasteiger partial charge in [-0.15, -0.1) is 0 Å². The maximum atomic E-state index is 9.08. The first-order chi connectivity index (χ1) is 7.24. The first-order valence-electron chi connectivity index (χ1n) is 4.83. The summed E-state index contributed by atoms with van der Waals surface area (Å²) in [6.45, 7) is 1.91. The van der Waals surface area contributed by atoms with Crippen LogP contribution in [0.4, 0.5) is 5.69 Å².